The molecule has 1 aliphatic rings. The Balaban J connectivity index is 1.71. The fraction of sp³-hybridized carbons (Fsp3) is 0.429. The largest absolute Gasteiger partial charge is 0.294 e. The van der Waals surface area contributed by atoms with E-state index in [-0.39, 0.29) is 29.3 Å². The molecule has 23 heavy (non-hydrogen) atoms. The Hall–Kier alpha value is -2.29. The van der Waals surface area contributed by atoms with Gasteiger partial charge in [-0.25, -0.2) is 15.0 Å². The summed E-state index contributed by atoms with van der Waals surface area (Å²) in [4.78, 5) is 36.6. The lowest BCUT2D eigenvalue weighted by Gasteiger charge is -2.21. The summed E-state index contributed by atoms with van der Waals surface area (Å²) in [6.07, 6.45) is 2.63. The lowest BCUT2D eigenvalue weighted by atomic mass is 9.86. The molecule has 0 bridgehead atoms. The minimum absolute atomic E-state index is 0.0787. The number of aryl methyl sites for hydroxylation is 1. The topological polar surface area (TPSA) is 114 Å². The molecule has 2 N–H and O–H groups in total. The van der Waals surface area contributed by atoms with E-state index in [1.54, 1.807) is 6.92 Å². The van der Waals surface area contributed by atoms with E-state index in [4.69, 9.17) is 0 Å². The molecule has 0 saturated heterocycles. The molecule has 0 radical (unpaired) electrons. The number of thioether (sulfide) groups is 1. The highest BCUT2D eigenvalue weighted by atomic mass is 32.2. The van der Waals surface area contributed by atoms with Crippen LogP contribution in [-0.2, 0) is 11.2 Å². The molecule has 0 aliphatic heterocycles. The highest BCUT2D eigenvalue weighted by Crippen LogP contribution is 2.26. The highest BCUT2D eigenvalue weighted by Gasteiger charge is 2.26. The molecule has 3 rings (SSSR count). The number of nitrogens with one attached hydrogen (secondary N) is 2. The fourth-order valence-electron chi connectivity index (χ4n) is 2.58. The summed E-state index contributed by atoms with van der Waals surface area (Å²) in [5.41, 5.74) is 1.95. The van der Waals surface area contributed by atoms with E-state index in [1.807, 2.05) is 6.92 Å². The van der Waals surface area contributed by atoms with Gasteiger partial charge in [0.05, 0.1) is 22.7 Å². The molecule has 8 nitrogen and oxygen atoms in total. The Kier molecular flexibility index (Phi) is 4.37. The number of amides is 1. The van der Waals surface area contributed by atoms with Crippen molar-refractivity contribution in [3.8, 4) is 0 Å². The van der Waals surface area contributed by atoms with Crippen molar-refractivity contribution in [2.75, 3.05) is 11.1 Å². The van der Waals surface area contributed by atoms with Gasteiger partial charge < -0.3 is 0 Å². The summed E-state index contributed by atoms with van der Waals surface area (Å²) < 4.78 is 0. The van der Waals surface area contributed by atoms with Crippen LogP contribution in [0.15, 0.2) is 11.5 Å². The van der Waals surface area contributed by atoms with Crippen molar-refractivity contribution in [2.24, 2.45) is 5.92 Å². The maximum atomic E-state index is 12.1. The van der Waals surface area contributed by atoms with Gasteiger partial charge in [-0.3, -0.25) is 20.0 Å². The molecule has 0 aromatic carbocycles. The first-order valence-corrected chi connectivity index (χ1v) is 8.20. The summed E-state index contributed by atoms with van der Waals surface area (Å²) in [7, 11) is 0. The lowest BCUT2D eigenvalue weighted by molar-refractivity contribution is -0.113. The van der Waals surface area contributed by atoms with Crippen LogP contribution in [0.1, 0.15) is 35.1 Å². The van der Waals surface area contributed by atoms with E-state index in [1.165, 1.54) is 18.1 Å². The number of fused-ring (bicyclic) bond motifs is 1. The SMILES string of the molecule is Cc1nc(NC(=O)CSc2ncn[nH]2)nc2c1C(=O)C[C@@H](C)C2. The molecule has 0 saturated carbocycles. The minimum atomic E-state index is -0.235. The van der Waals surface area contributed by atoms with Crippen LogP contribution in [0.25, 0.3) is 0 Å². The van der Waals surface area contributed by atoms with Crippen LogP contribution in [0.4, 0.5) is 5.95 Å². The van der Waals surface area contributed by atoms with Crippen LogP contribution in [-0.4, -0.2) is 42.6 Å². The third-order valence-electron chi connectivity index (χ3n) is 3.50. The average molecular weight is 332 g/mol. The Morgan fingerprint density at radius 1 is 1.43 bits per heavy atom. The molecule has 0 spiro atoms. The number of carbonyl (C=O) groups is 2. The molecule has 9 heteroatoms. The number of hydrogen-bond donors (Lipinski definition) is 2. The molecule has 0 unspecified atom stereocenters. The Bertz CT molecular complexity index is 746. The smallest absolute Gasteiger partial charge is 0.237 e. The maximum Gasteiger partial charge on any atom is 0.237 e. The van der Waals surface area contributed by atoms with Crippen LogP contribution in [0.5, 0.6) is 0 Å². The summed E-state index contributed by atoms with van der Waals surface area (Å²) in [5.74, 6) is 0.515. The molecular weight excluding hydrogens is 316 g/mol. The molecule has 2 aromatic heterocycles. The Labute approximate surface area is 136 Å². The zero-order valence-corrected chi connectivity index (χ0v) is 13.6. The van der Waals surface area contributed by atoms with Crippen LogP contribution < -0.4 is 5.32 Å². The number of carbonyl (C=O) groups excluding carboxylic acids is 2. The van der Waals surface area contributed by atoms with Gasteiger partial charge in [-0.2, -0.15) is 5.10 Å². The van der Waals surface area contributed by atoms with Gasteiger partial charge in [-0.1, -0.05) is 18.7 Å². The zero-order chi connectivity index (χ0) is 16.4. The predicted molar refractivity (Wildman–Crippen MR) is 84.3 cm³/mol. The van der Waals surface area contributed by atoms with Gasteiger partial charge in [0.25, 0.3) is 0 Å². The van der Waals surface area contributed by atoms with Crippen molar-refractivity contribution in [1.29, 1.82) is 0 Å². The summed E-state index contributed by atoms with van der Waals surface area (Å²) in [5, 5.41) is 9.62. The normalized spacial score (nSPS) is 17.0. The van der Waals surface area contributed by atoms with Crippen molar-refractivity contribution in [1.82, 2.24) is 25.1 Å². The second-order valence-corrected chi connectivity index (χ2v) is 6.48. The molecular formula is C14H16N6O2S. The van der Waals surface area contributed by atoms with Crippen molar-refractivity contribution in [3.63, 3.8) is 0 Å². The molecule has 120 valence electrons. The second kappa shape index (κ2) is 6.45. The van der Waals surface area contributed by atoms with Crippen molar-refractivity contribution in [2.45, 2.75) is 31.8 Å². The van der Waals surface area contributed by atoms with E-state index in [9.17, 15) is 9.59 Å². The Morgan fingerprint density at radius 2 is 2.26 bits per heavy atom. The number of nitrogens with zero attached hydrogens (tertiary/aromatic N) is 4. The minimum Gasteiger partial charge on any atom is -0.294 e. The van der Waals surface area contributed by atoms with Crippen LogP contribution in [0, 0.1) is 12.8 Å². The first kappa shape index (κ1) is 15.6. The van der Waals surface area contributed by atoms with Crippen molar-refractivity contribution < 1.29 is 9.59 Å². The number of aromatic nitrogens is 5. The van der Waals surface area contributed by atoms with E-state index >= 15 is 0 Å². The number of rotatable bonds is 4. The number of Topliss-reactive ketones (excluding diaryl/α,β-unsaturated/α-hetero) is 1. The third kappa shape index (κ3) is 3.55. The number of H-pyrrole nitrogens is 1. The summed E-state index contributed by atoms with van der Waals surface area (Å²) >= 11 is 1.24. The van der Waals surface area contributed by atoms with Gasteiger partial charge in [0, 0.05) is 6.42 Å². The van der Waals surface area contributed by atoms with E-state index in [2.05, 4.69) is 30.5 Å². The molecule has 1 amide bonds. The zero-order valence-electron chi connectivity index (χ0n) is 12.8. The van der Waals surface area contributed by atoms with Gasteiger partial charge in [0.2, 0.25) is 11.9 Å². The van der Waals surface area contributed by atoms with Gasteiger partial charge >= 0.3 is 0 Å². The summed E-state index contributed by atoms with van der Waals surface area (Å²) in [6.45, 7) is 3.79. The molecule has 1 atom stereocenters. The molecule has 1 aliphatic carbocycles. The number of ketones is 1. The van der Waals surface area contributed by atoms with E-state index < -0.39 is 0 Å². The van der Waals surface area contributed by atoms with Crippen molar-refractivity contribution in [3.05, 3.63) is 23.3 Å². The number of aromatic amines is 1. The Morgan fingerprint density at radius 3 is 3.00 bits per heavy atom. The van der Waals surface area contributed by atoms with Gasteiger partial charge in [-0.15, -0.1) is 0 Å². The first-order valence-electron chi connectivity index (χ1n) is 7.21. The first-order chi connectivity index (χ1) is 11.0. The quantitative estimate of drug-likeness (QED) is 0.813. The monoisotopic (exact) mass is 332 g/mol. The van der Waals surface area contributed by atoms with E-state index in [0.29, 0.717) is 22.8 Å². The number of hydrogen-bond acceptors (Lipinski definition) is 7. The van der Waals surface area contributed by atoms with Gasteiger partial charge in [0.1, 0.15) is 6.33 Å². The summed E-state index contributed by atoms with van der Waals surface area (Å²) in [6, 6.07) is 0. The van der Waals surface area contributed by atoms with E-state index in [0.717, 1.165) is 12.1 Å². The fourth-order valence-corrected chi connectivity index (χ4v) is 3.16. The lowest BCUT2D eigenvalue weighted by Crippen LogP contribution is -2.24. The van der Waals surface area contributed by atoms with Gasteiger partial charge in [-0.05, 0) is 19.3 Å². The van der Waals surface area contributed by atoms with Crippen LogP contribution in [0.2, 0.25) is 0 Å². The predicted octanol–water partition coefficient (Wildman–Crippen LogP) is 1.40. The van der Waals surface area contributed by atoms with Gasteiger partial charge in [0.15, 0.2) is 10.9 Å². The average Bonchev–Trinajstić information content (AvgIpc) is 2.97. The molecule has 2 heterocycles. The van der Waals surface area contributed by atoms with Crippen LogP contribution >= 0.6 is 11.8 Å². The third-order valence-corrected chi connectivity index (χ3v) is 4.38. The standard InChI is InChI=1S/C14H16N6O2S/c1-7-3-9-12(10(21)4-7)8(2)17-13(18-9)19-11(22)5-23-14-15-6-16-20-14/h6-7H,3-5H2,1-2H3,(H,15,16,20)(H,17,18,19,22)/t7-/m0/s1. The maximum absolute atomic E-state index is 12.1. The number of anilines is 1. The van der Waals surface area contributed by atoms with Crippen LogP contribution in [0.3, 0.4) is 0 Å². The molecule has 2 aromatic rings. The second-order valence-electron chi connectivity index (χ2n) is 5.52. The van der Waals surface area contributed by atoms with Crippen molar-refractivity contribution >= 4 is 29.4 Å². The highest BCUT2D eigenvalue weighted by molar-refractivity contribution is 7.99. The molecule has 0 fully saturated rings.